The summed E-state index contributed by atoms with van der Waals surface area (Å²) < 4.78 is 10.7. The normalized spacial score (nSPS) is 13.3. The minimum Gasteiger partial charge on any atom is -0.454 e. The van der Waals surface area contributed by atoms with E-state index in [1.165, 1.54) is 0 Å². The van der Waals surface area contributed by atoms with E-state index in [1.807, 2.05) is 18.2 Å². The molecule has 1 aromatic rings. The quantitative estimate of drug-likeness (QED) is 0.495. The summed E-state index contributed by atoms with van der Waals surface area (Å²) >= 11 is 0. The second-order valence-electron chi connectivity index (χ2n) is 3.59. The number of ether oxygens (including phenoxy) is 2. The second kappa shape index (κ2) is 5.26. The van der Waals surface area contributed by atoms with Gasteiger partial charge in [0.2, 0.25) is 12.8 Å². The van der Waals surface area contributed by atoms with Crippen molar-refractivity contribution in [1.82, 2.24) is 5.32 Å². The number of fused-ring (bicyclic) bond motifs is 1. The third-order valence-electron chi connectivity index (χ3n) is 2.36. The SMILES string of the molecule is CN=C(N=C(N)N)NCc1cccc2c1OCO2. The highest BCUT2D eigenvalue weighted by molar-refractivity contribution is 5.93. The summed E-state index contributed by atoms with van der Waals surface area (Å²) in [6.45, 7) is 0.741. The van der Waals surface area contributed by atoms with Crippen LogP contribution in [0.5, 0.6) is 11.5 Å². The van der Waals surface area contributed by atoms with Crippen LogP contribution in [0, 0.1) is 0 Å². The number of rotatable bonds is 2. The molecule has 0 amide bonds. The second-order valence-corrected chi connectivity index (χ2v) is 3.59. The van der Waals surface area contributed by atoms with Crippen molar-refractivity contribution >= 4 is 11.9 Å². The summed E-state index contributed by atoms with van der Waals surface area (Å²) in [5, 5.41) is 3.01. The molecule has 0 saturated heterocycles. The van der Waals surface area contributed by atoms with E-state index in [4.69, 9.17) is 20.9 Å². The van der Waals surface area contributed by atoms with E-state index in [0.29, 0.717) is 12.5 Å². The lowest BCUT2D eigenvalue weighted by atomic mass is 10.2. The van der Waals surface area contributed by atoms with Crippen molar-refractivity contribution in [1.29, 1.82) is 0 Å². The standard InChI is InChI=1S/C11H15N5O2/c1-14-11(16-10(12)13)15-5-7-3-2-4-8-9(7)18-6-17-8/h2-4H,5-6H2,1H3,(H5,12,13,14,15,16). The van der Waals surface area contributed by atoms with Gasteiger partial charge >= 0.3 is 0 Å². The van der Waals surface area contributed by atoms with Gasteiger partial charge in [0.15, 0.2) is 17.5 Å². The highest BCUT2D eigenvalue weighted by Crippen LogP contribution is 2.35. The Labute approximate surface area is 104 Å². The first kappa shape index (κ1) is 12.0. The lowest BCUT2D eigenvalue weighted by Crippen LogP contribution is -2.29. The van der Waals surface area contributed by atoms with Crippen molar-refractivity contribution in [3.05, 3.63) is 23.8 Å². The Hall–Kier alpha value is -2.44. The van der Waals surface area contributed by atoms with E-state index in [2.05, 4.69) is 15.3 Å². The van der Waals surface area contributed by atoms with Crippen molar-refractivity contribution < 1.29 is 9.47 Å². The number of para-hydroxylation sites is 1. The van der Waals surface area contributed by atoms with Crippen LogP contribution in [0.4, 0.5) is 0 Å². The van der Waals surface area contributed by atoms with Crippen LogP contribution in [0.2, 0.25) is 0 Å². The topological polar surface area (TPSA) is 107 Å². The van der Waals surface area contributed by atoms with Gasteiger partial charge in [-0.3, -0.25) is 4.99 Å². The third kappa shape index (κ3) is 2.62. The highest BCUT2D eigenvalue weighted by atomic mass is 16.7. The first-order valence-corrected chi connectivity index (χ1v) is 5.38. The molecule has 0 saturated carbocycles. The average Bonchev–Trinajstić information content (AvgIpc) is 2.82. The molecule has 0 atom stereocenters. The first-order chi connectivity index (χ1) is 8.70. The Bertz CT molecular complexity index is 494. The van der Waals surface area contributed by atoms with Crippen LogP contribution in [-0.4, -0.2) is 25.8 Å². The molecule has 7 heteroatoms. The van der Waals surface area contributed by atoms with E-state index in [9.17, 15) is 0 Å². The van der Waals surface area contributed by atoms with Crippen LogP contribution < -0.4 is 26.3 Å². The predicted octanol–water partition coefficient (Wildman–Crippen LogP) is -0.236. The fourth-order valence-corrected chi connectivity index (χ4v) is 1.59. The Morgan fingerprint density at radius 3 is 2.94 bits per heavy atom. The molecule has 0 fully saturated rings. The molecule has 7 nitrogen and oxygen atoms in total. The monoisotopic (exact) mass is 249 g/mol. The molecule has 5 N–H and O–H groups in total. The van der Waals surface area contributed by atoms with Crippen LogP contribution in [-0.2, 0) is 6.54 Å². The van der Waals surface area contributed by atoms with Crippen LogP contribution >= 0.6 is 0 Å². The van der Waals surface area contributed by atoms with Crippen molar-refractivity contribution in [2.24, 2.45) is 21.5 Å². The molecule has 0 radical (unpaired) electrons. The fraction of sp³-hybridized carbons (Fsp3) is 0.273. The molecule has 0 aromatic heterocycles. The number of hydrogen-bond acceptors (Lipinski definition) is 3. The maximum Gasteiger partial charge on any atom is 0.231 e. The average molecular weight is 249 g/mol. The zero-order valence-electron chi connectivity index (χ0n) is 10.0. The number of guanidine groups is 2. The Kier molecular flexibility index (Phi) is 3.52. The van der Waals surface area contributed by atoms with E-state index < -0.39 is 0 Å². The molecule has 0 unspecified atom stereocenters. The van der Waals surface area contributed by atoms with Crippen molar-refractivity contribution in [3.8, 4) is 11.5 Å². The van der Waals surface area contributed by atoms with Crippen molar-refractivity contribution in [2.45, 2.75) is 6.54 Å². The van der Waals surface area contributed by atoms with E-state index in [0.717, 1.165) is 17.1 Å². The molecule has 0 aliphatic carbocycles. The molecular weight excluding hydrogens is 234 g/mol. The number of benzene rings is 1. The molecule has 1 aromatic carbocycles. The minimum atomic E-state index is -0.0408. The molecule has 18 heavy (non-hydrogen) atoms. The van der Waals surface area contributed by atoms with Gasteiger partial charge in [-0.15, -0.1) is 0 Å². The largest absolute Gasteiger partial charge is 0.454 e. The summed E-state index contributed by atoms with van der Waals surface area (Å²) in [5.41, 5.74) is 11.5. The summed E-state index contributed by atoms with van der Waals surface area (Å²) in [4.78, 5) is 7.77. The van der Waals surface area contributed by atoms with Gasteiger partial charge < -0.3 is 26.3 Å². The Morgan fingerprint density at radius 2 is 2.22 bits per heavy atom. The number of nitrogens with two attached hydrogens (primary N) is 2. The zero-order chi connectivity index (χ0) is 13.0. The number of nitrogens with one attached hydrogen (secondary N) is 1. The van der Waals surface area contributed by atoms with Gasteiger partial charge in [0, 0.05) is 19.2 Å². The van der Waals surface area contributed by atoms with E-state index in [1.54, 1.807) is 7.05 Å². The van der Waals surface area contributed by atoms with Crippen LogP contribution in [0.15, 0.2) is 28.2 Å². The lowest BCUT2D eigenvalue weighted by molar-refractivity contribution is 0.173. The summed E-state index contributed by atoms with van der Waals surface area (Å²) in [7, 11) is 1.60. The number of aliphatic imine (C=N–C) groups is 2. The van der Waals surface area contributed by atoms with Gasteiger partial charge in [0.05, 0.1) is 0 Å². The summed E-state index contributed by atoms with van der Waals surface area (Å²) in [6, 6.07) is 5.69. The third-order valence-corrected chi connectivity index (χ3v) is 2.36. The molecule has 0 spiro atoms. The zero-order valence-corrected chi connectivity index (χ0v) is 10.0. The fourth-order valence-electron chi connectivity index (χ4n) is 1.59. The van der Waals surface area contributed by atoms with Crippen LogP contribution in [0.25, 0.3) is 0 Å². The van der Waals surface area contributed by atoms with E-state index >= 15 is 0 Å². The van der Waals surface area contributed by atoms with Crippen molar-refractivity contribution in [3.63, 3.8) is 0 Å². The highest BCUT2D eigenvalue weighted by Gasteiger charge is 2.16. The Balaban J connectivity index is 2.07. The molecular formula is C11H15N5O2. The summed E-state index contributed by atoms with van der Waals surface area (Å²) in [5.74, 6) is 1.81. The number of nitrogens with zero attached hydrogens (tertiary/aromatic N) is 2. The van der Waals surface area contributed by atoms with Gasteiger partial charge in [0.1, 0.15) is 0 Å². The van der Waals surface area contributed by atoms with Gasteiger partial charge in [-0.25, -0.2) is 0 Å². The lowest BCUT2D eigenvalue weighted by Gasteiger charge is -2.08. The molecule has 96 valence electrons. The predicted molar refractivity (Wildman–Crippen MR) is 68.6 cm³/mol. The van der Waals surface area contributed by atoms with Crippen molar-refractivity contribution in [2.75, 3.05) is 13.8 Å². The molecule has 1 aliphatic heterocycles. The maximum absolute atomic E-state index is 5.39. The summed E-state index contributed by atoms with van der Waals surface area (Å²) in [6.07, 6.45) is 0. The smallest absolute Gasteiger partial charge is 0.231 e. The molecule has 1 aliphatic rings. The van der Waals surface area contributed by atoms with Crippen LogP contribution in [0.3, 0.4) is 0 Å². The van der Waals surface area contributed by atoms with Gasteiger partial charge in [0.25, 0.3) is 0 Å². The van der Waals surface area contributed by atoms with Gasteiger partial charge in [-0.1, -0.05) is 12.1 Å². The first-order valence-electron chi connectivity index (χ1n) is 5.38. The molecule has 0 bridgehead atoms. The van der Waals surface area contributed by atoms with Crippen LogP contribution in [0.1, 0.15) is 5.56 Å². The maximum atomic E-state index is 5.39. The number of hydrogen-bond donors (Lipinski definition) is 3. The minimum absolute atomic E-state index is 0.0408. The van der Waals surface area contributed by atoms with Gasteiger partial charge in [-0.05, 0) is 6.07 Å². The molecule has 2 rings (SSSR count). The molecule has 1 heterocycles. The Morgan fingerprint density at radius 1 is 1.39 bits per heavy atom. The van der Waals surface area contributed by atoms with E-state index in [-0.39, 0.29) is 12.8 Å². The van der Waals surface area contributed by atoms with Gasteiger partial charge in [-0.2, -0.15) is 4.99 Å².